The van der Waals surface area contributed by atoms with Crippen molar-refractivity contribution < 1.29 is 22.0 Å². The Bertz CT molecular complexity index is 1390. The minimum absolute atomic E-state index is 0.0173. The van der Waals surface area contributed by atoms with Crippen molar-refractivity contribution in [3.05, 3.63) is 83.3 Å². The van der Waals surface area contributed by atoms with Crippen LogP contribution in [0.15, 0.2) is 60.0 Å². The minimum Gasteiger partial charge on any atom is -0.345 e. The highest BCUT2D eigenvalue weighted by molar-refractivity contribution is 7.92. The number of carbonyl (C=O) groups is 1. The molecule has 0 aliphatic rings. The second kappa shape index (κ2) is 7.30. The molecular formula is C20H14F2N4O3S. The SMILES string of the molecule is Cc1cnc2[nH]cc(C(=O)c3c(F)ccc(NS(=O)(=O)c4ccccn4)c3F)c2c1. The lowest BCUT2D eigenvalue weighted by Gasteiger charge is -2.11. The van der Waals surface area contributed by atoms with E-state index in [1.54, 1.807) is 19.2 Å². The molecule has 3 aromatic heterocycles. The van der Waals surface area contributed by atoms with Crippen LogP contribution in [0.4, 0.5) is 14.5 Å². The number of aromatic amines is 1. The van der Waals surface area contributed by atoms with Gasteiger partial charge in [-0.3, -0.25) is 9.52 Å². The van der Waals surface area contributed by atoms with Crippen molar-refractivity contribution >= 4 is 32.5 Å². The van der Waals surface area contributed by atoms with Crippen molar-refractivity contribution in [2.45, 2.75) is 11.9 Å². The van der Waals surface area contributed by atoms with Gasteiger partial charge in [0.15, 0.2) is 10.8 Å². The Labute approximate surface area is 169 Å². The molecule has 7 nitrogen and oxygen atoms in total. The quantitative estimate of drug-likeness (QED) is 0.473. The number of H-pyrrole nitrogens is 1. The van der Waals surface area contributed by atoms with Crippen LogP contribution in [-0.4, -0.2) is 29.2 Å². The molecule has 4 rings (SSSR count). The van der Waals surface area contributed by atoms with Gasteiger partial charge in [0.2, 0.25) is 5.78 Å². The van der Waals surface area contributed by atoms with E-state index in [0.717, 1.165) is 17.7 Å². The summed E-state index contributed by atoms with van der Waals surface area (Å²) in [4.78, 5) is 23.6. The maximum atomic E-state index is 15.1. The Balaban J connectivity index is 1.78. The summed E-state index contributed by atoms with van der Waals surface area (Å²) in [5.41, 5.74) is -0.285. The number of aryl methyl sites for hydroxylation is 1. The van der Waals surface area contributed by atoms with E-state index in [0.29, 0.717) is 11.0 Å². The molecule has 0 fully saturated rings. The van der Waals surface area contributed by atoms with Crippen LogP contribution in [0.2, 0.25) is 0 Å². The number of hydrogen-bond acceptors (Lipinski definition) is 5. The Hall–Kier alpha value is -3.66. The van der Waals surface area contributed by atoms with Gasteiger partial charge in [-0.2, -0.15) is 8.42 Å². The number of ketones is 1. The smallest absolute Gasteiger partial charge is 0.279 e. The fourth-order valence-electron chi connectivity index (χ4n) is 2.97. The van der Waals surface area contributed by atoms with Gasteiger partial charge in [-0.1, -0.05) is 6.07 Å². The van der Waals surface area contributed by atoms with Crippen molar-refractivity contribution in [2.24, 2.45) is 0 Å². The number of nitrogens with one attached hydrogen (secondary N) is 2. The summed E-state index contributed by atoms with van der Waals surface area (Å²) in [5.74, 6) is -3.38. The summed E-state index contributed by atoms with van der Waals surface area (Å²) >= 11 is 0. The molecule has 0 aliphatic carbocycles. The van der Waals surface area contributed by atoms with Crippen LogP contribution in [0, 0.1) is 18.6 Å². The highest BCUT2D eigenvalue weighted by atomic mass is 32.2. The Morgan fingerprint density at radius 3 is 2.67 bits per heavy atom. The molecule has 30 heavy (non-hydrogen) atoms. The summed E-state index contributed by atoms with van der Waals surface area (Å²) in [6.07, 6.45) is 4.15. The molecule has 0 bridgehead atoms. The third-order valence-corrected chi connectivity index (χ3v) is 5.67. The summed E-state index contributed by atoms with van der Waals surface area (Å²) in [6, 6.07) is 7.58. The molecule has 152 valence electrons. The first kappa shape index (κ1) is 19.6. The molecule has 0 saturated heterocycles. The molecule has 0 atom stereocenters. The largest absolute Gasteiger partial charge is 0.345 e. The lowest BCUT2D eigenvalue weighted by molar-refractivity contribution is 0.103. The van der Waals surface area contributed by atoms with Gasteiger partial charge in [0.05, 0.1) is 11.3 Å². The Kier molecular flexibility index (Phi) is 4.78. The molecule has 2 N–H and O–H groups in total. The van der Waals surface area contributed by atoms with Gasteiger partial charge in [-0.05, 0) is 42.8 Å². The number of anilines is 1. The van der Waals surface area contributed by atoms with E-state index in [-0.39, 0.29) is 10.6 Å². The maximum Gasteiger partial charge on any atom is 0.279 e. The average Bonchev–Trinajstić information content (AvgIpc) is 3.14. The zero-order chi connectivity index (χ0) is 21.5. The summed E-state index contributed by atoms with van der Waals surface area (Å²) < 4.78 is 56.4. The molecular weight excluding hydrogens is 414 g/mol. The topological polar surface area (TPSA) is 105 Å². The second-order valence-corrected chi connectivity index (χ2v) is 8.13. The number of carbonyl (C=O) groups excluding carboxylic acids is 1. The third kappa shape index (κ3) is 3.41. The van der Waals surface area contributed by atoms with E-state index in [1.165, 1.54) is 30.6 Å². The van der Waals surface area contributed by atoms with Crippen molar-refractivity contribution in [3.63, 3.8) is 0 Å². The number of pyridine rings is 2. The molecule has 3 heterocycles. The normalized spacial score (nSPS) is 11.6. The predicted octanol–water partition coefficient (Wildman–Crippen LogP) is 3.58. The van der Waals surface area contributed by atoms with Crippen LogP contribution in [0.25, 0.3) is 11.0 Å². The van der Waals surface area contributed by atoms with Crippen molar-refractivity contribution in [1.29, 1.82) is 0 Å². The monoisotopic (exact) mass is 428 g/mol. The molecule has 0 unspecified atom stereocenters. The van der Waals surface area contributed by atoms with Crippen LogP contribution < -0.4 is 4.72 Å². The lowest BCUT2D eigenvalue weighted by atomic mass is 10.0. The highest BCUT2D eigenvalue weighted by Crippen LogP contribution is 2.28. The molecule has 0 radical (unpaired) electrons. The summed E-state index contributed by atoms with van der Waals surface area (Å²) in [5, 5.41) is 0.0537. The van der Waals surface area contributed by atoms with Gasteiger partial charge in [-0.25, -0.2) is 18.7 Å². The first-order chi connectivity index (χ1) is 14.3. The van der Waals surface area contributed by atoms with Crippen LogP contribution in [0.3, 0.4) is 0 Å². The molecule has 1 aromatic carbocycles. The lowest BCUT2D eigenvalue weighted by Crippen LogP contribution is -2.17. The maximum absolute atomic E-state index is 15.1. The van der Waals surface area contributed by atoms with Crippen LogP contribution in [0.1, 0.15) is 21.5 Å². The number of sulfonamides is 1. The number of benzene rings is 1. The van der Waals surface area contributed by atoms with E-state index < -0.39 is 38.7 Å². The second-order valence-electron chi connectivity index (χ2n) is 6.50. The number of halogens is 2. The minimum atomic E-state index is -4.24. The Morgan fingerprint density at radius 1 is 1.13 bits per heavy atom. The number of hydrogen-bond donors (Lipinski definition) is 2. The number of aromatic nitrogens is 3. The van der Waals surface area contributed by atoms with Gasteiger partial charge in [0.25, 0.3) is 10.0 Å². The van der Waals surface area contributed by atoms with E-state index in [4.69, 9.17) is 0 Å². The highest BCUT2D eigenvalue weighted by Gasteiger charge is 2.26. The van der Waals surface area contributed by atoms with E-state index in [2.05, 4.69) is 15.0 Å². The Morgan fingerprint density at radius 2 is 1.93 bits per heavy atom. The van der Waals surface area contributed by atoms with Gasteiger partial charge in [0.1, 0.15) is 11.5 Å². The first-order valence-corrected chi connectivity index (χ1v) is 10.2. The van der Waals surface area contributed by atoms with Gasteiger partial charge in [0, 0.05) is 29.5 Å². The fraction of sp³-hybridized carbons (Fsp3) is 0.0500. The van der Waals surface area contributed by atoms with Gasteiger partial charge >= 0.3 is 0 Å². The zero-order valence-corrected chi connectivity index (χ0v) is 16.3. The zero-order valence-electron chi connectivity index (χ0n) is 15.5. The van der Waals surface area contributed by atoms with Crippen LogP contribution >= 0.6 is 0 Å². The molecule has 4 aromatic rings. The van der Waals surface area contributed by atoms with Crippen LogP contribution in [0.5, 0.6) is 0 Å². The van der Waals surface area contributed by atoms with E-state index >= 15 is 4.39 Å². The predicted molar refractivity (Wildman–Crippen MR) is 106 cm³/mol. The van der Waals surface area contributed by atoms with Crippen molar-refractivity contribution in [1.82, 2.24) is 15.0 Å². The van der Waals surface area contributed by atoms with E-state index in [9.17, 15) is 17.6 Å². The van der Waals surface area contributed by atoms with Gasteiger partial charge < -0.3 is 4.98 Å². The van der Waals surface area contributed by atoms with Crippen LogP contribution in [-0.2, 0) is 10.0 Å². The fourth-order valence-corrected chi connectivity index (χ4v) is 3.98. The molecule has 0 amide bonds. The molecule has 10 heteroatoms. The molecule has 0 aliphatic heterocycles. The standard InChI is InChI=1S/C20H14F2N4O3S/c1-11-8-12-13(10-25-20(12)24-9-11)19(27)17-14(21)5-6-15(18(17)22)26-30(28,29)16-4-2-3-7-23-16/h2-10,26H,1H3,(H,24,25). The number of fused-ring (bicyclic) bond motifs is 1. The third-order valence-electron chi connectivity index (χ3n) is 4.39. The molecule has 0 spiro atoms. The van der Waals surface area contributed by atoms with Crippen molar-refractivity contribution in [3.8, 4) is 0 Å². The average molecular weight is 428 g/mol. The first-order valence-electron chi connectivity index (χ1n) is 8.68. The number of rotatable bonds is 5. The van der Waals surface area contributed by atoms with E-state index in [1.807, 2.05) is 4.72 Å². The summed E-state index contributed by atoms with van der Waals surface area (Å²) in [6.45, 7) is 1.77. The van der Waals surface area contributed by atoms with Crippen molar-refractivity contribution in [2.75, 3.05) is 4.72 Å². The van der Waals surface area contributed by atoms with Gasteiger partial charge in [-0.15, -0.1) is 0 Å². The summed E-state index contributed by atoms with van der Waals surface area (Å²) in [7, 11) is -4.24. The number of nitrogens with zero attached hydrogens (tertiary/aromatic N) is 2. The molecule has 0 saturated carbocycles.